The molecule has 1 unspecified atom stereocenters. The van der Waals surface area contributed by atoms with Crippen molar-refractivity contribution in [2.45, 2.75) is 19.6 Å². The van der Waals surface area contributed by atoms with Gasteiger partial charge in [-0.15, -0.1) is 0 Å². The summed E-state index contributed by atoms with van der Waals surface area (Å²) in [6.07, 6.45) is -0.0578. The van der Waals surface area contributed by atoms with Gasteiger partial charge in [0.15, 0.2) is 0 Å². The predicted octanol–water partition coefficient (Wildman–Crippen LogP) is 3.85. The highest BCUT2D eigenvalue weighted by molar-refractivity contribution is 6.26. The van der Waals surface area contributed by atoms with Gasteiger partial charge >= 0.3 is 0 Å². The van der Waals surface area contributed by atoms with E-state index in [9.17, 15) is 24.3 Å². The molecule has 0 spiro atoms. The zero-order chi connectivity index (χ0) is 30.2. The van der Waals surface area contributed by atoms with Crippen LogP contribution < -0.4 is 0 Å². The summed E-state index contributed by atoms with van der Waals surface area (Å²) in [7, 11) is 1.93. The Labute approximate surface area is 249 Å². The quantitative estimate of drug-likeness (QED) is 0.213. The molecule has 220 valence electrons. The zero-order valence-electron chi connectivity index (χ0n) is 24.3. The summed E-state index contributed by atoms with van der Waals surface area (Å²) < 4.78 is 0. The van der Waals surface area contributed by atoms with E-state index < -0.39 is 6.23 Å². The summed E-state index contributed by atoms with van der Waals surface area (Å²) in [4.78, 5) is 59.3. The Bertz CT molecular complexity index is 1670. The molecular formula is C34H34N4O5. The minimum absolute atomic E-state index is 0.163. The molecule has 0 fully saturated rings. The normalized spacial score (nSPS) is 15.5. The molecule has 2 aliphatic rings. The van der Waals surface area contributed by atoms with Crippen LogP contribution in [-0.4, -0.2) is 101 Å². The minimum atomic E-state index is -0.762. The van der Waals surface area contributed by atoms with Crippen LogP contribution in [-0.2, 0) is 0 Å². The van der Waals surface area contributed by atoms with Crippen LogP contribution in [0.25, 0.3) is 21.5 Å². The number of aliphatic hydroxyl groups is 1. The van der Waals surface area contributed by atoms with E-state index >= 15 is 0 Å². The van der Waals surface area contributed by atoms with Gasteiger partial charge in [0.25, 0.3) is 23.6 Å². The number of amides is 4. The molecule has 0 saturated carbocycles. The molecule has 1 N–H and O–H groups in total. The van der Waals surface area contributed by atoms with Gasteiger partial charge in [-0.3, -0.25) is 33.9 Å². The molecule has 0 bridgehead atoms. The standard InChI is InChI=1S/C34H34N4O5/c1-22(39)36(19-21-38-33(42)27-14-5-10-24-11-6-15-28(30(24)27)34(38)43)17-7-16-35(2)18-20-37-31(40)25-12-3-8-23-9-4-13-26(29(23)25)32(37)41/h3-6,8-15,22,39H,7,16-21H2,1-2H3. The zero-order valence-corrected chi connectivity index (χ0v) is 24.3. The van der Waals surface area contributed by atoms with Gasteiger partial charge in [0.05, 0.1) is 0 Å². The number of hydrogen-bond acceptors (Lipinski definition) is 7. The van der Waals surface area contributed by atoms with Crippen LogP contribution in [0.5, 0.6) is 0 Å². The highest BCUT2D eigenvalue weighted by Crippen LogP contribution is 2.31. The number of aliphatic hydroxyl groups excluding tert-OH is 1. The van der Waals surface area contributed by atoms with Crippen molar-refractivity contribution in [3.63, 3.8) is 0 Å². The van der Waals surface area contributed by atoms with Gasteiger partial charge in [0, 0.05) is 65.8 Å². The molecule has 43 heavy (non-hydrogen) atoms. The first kappa shape index (κ1) is 28.7. The van der Waals surface area contributed by atoms with E-state index in [0.29, 0.717) is 60.2 Å². The van der Waals surface area contributed by atoms with E-state index in [0.717, 1.165) is 16.2 Å². The lowest BCUT2D eigenvalue weighted by Gasteiger charge is -2.32. The molecule has 0 radical (unpaired) electrons. The van der Waals surface area contributed by atoms with Crippen LogP contribution in [0.4, 0.5) is 0 Å². The largest absolute Gasteiger partial charge is 0.379 e. The average Bonchev–Trinajstić information content (AvgIpc) is 3.01. The molecule has 0 aromatic heterocycles. The molecule has 2 heterocycles. The third kappa shape index (κ3) is 5.20. The van der Waals surface area contributed by atoms with Gasteiger partial charge in [-0.2, -0.15) is 0 Å². The van der Waals surface area contributed by atoms with E-state index in [1.54, 1.807) is 31.2 Å². The Kier molecular flexibility index (Phi) is 7.79. The number of benzene rings is 4. The maximum absolute atomic E-state index is 13.2. The van der Waals surface area contributed by atoms with Crippen LogP contribution >= 0.6 is 0 Å². The maximum atomic E-state index is 13.2. The smallest absolute Gasteiger partial charge is 0.261 e. The molecule has 4 aromatic rings. The summed E-state index contributed by atoms with van der Waals surface area (Å²) in [5.41, 5.74) is 2.13. The van der Waals surface area contributed by atoms with Crippen LogP contribution in [0.15, 0.2) is 72.8 Å². The minimum Gasteiger partial charge on any atom is -0.379 e. The Balaban J connectivity index is 1.02. The van der Waals surface area contributed by atoms with E-state index in [-0.39, 0.29) is 36.7 Å². The number of nitrogens with zero attached hydrogens (tertiary/aromatic N) is 4. The molecule has 9 nitrogen and oxygen atoms in total. The first-order chi connectivity index (χ1) is 20.8. The Morgan fingerprint density at radius 2 is 1.00 bits per heavy atom. The van der Waals surface area contributed by atoms with Gasteiger partial charge in [0.1, 0.15) is 6.23 Å². The molecule has 0 saturated heterocycles. The first-order valence-electron chi connectivity index (χ1n) is 14.6. The summed E-state index contributed by atoms with van der Waals surface area (Å²) in [6.45, 7) is 4.16. The van der Waals surface area contributed by atoms with Crippen LogP contribution in [0.3, 0.4) is 0 Å². The number of hydrogen-bond donors (Lipinski definition) is 1. The molecule has 0 aliphatic carbocycles. The van der Waals surface area contributed by atoms with Gasteiger partial charge in [-0.25, -0.2) is 0 Å². The van der Waals surface area contributed by atoms with Crippen molar-refractivity contribution in [1.82, 2.24) is 19.6 Å². The maximum Gasteiger partial charge on any atom is 0.261 e. The fourth-order valence-corrected chi connectivity index (χ4v) is 6.21. The van der Waals surface area contributed by atoms with E-state index in [2.05, 4.69) is 4.90 Å². The second-order valence-electron chi connectivity index (χ2n) is 11.3. The number of carbonyl (C=O) groups excluding carboxylic acids is 4. The topological polar surface area (TPSA) is 101 Å². The Morgan fingerprint density at radius 3 is 1.40 bits per heavy atom. The monoisotopic (exact) mass is 578 g/mol. The predicted molar refractivity (Wildman–Crippen MR) is 164 cm³/mol. The van der Waals surface area contributed by atoms with Gasteiger partial charge in [0.2, 0.25) is 0 Å². The second-order valence-corrected chi connectivity index (χ2v) is 11.3. The number of imide groups is 2. The molecule has 4 amide bonds. The third-order valence-corrected chi connectivity index (χ3v) is 8.54. The summed E-state index contributed by atoms with van der Waals surface area (Å²) in [5.74, 6) is -1.19. The average molecular weight is 579 g/mol. The van der Waals surface area contributed by atoms with Crippen LogP contribution in [0.2, 0.25) is 0 Å². The van der Waals surface area contributed by atoms with Crippen molar-refractivity contribution in [2.24, 2.45) is 0 Å². The highest BCUT2D eigenvalue weighted by atomic mass is 16.3. The Morgan fingerprint density at radius 1 is 0.605 bits per heavy atom. The first-order valence-corrected chi connectivity index (χ1v) is 14.6. The Hall–Kier alpha value is -4.44. The van der Waals surface area contributed by atoms with Crippen molar-refractivity contribution < 1.29 is 24.3 Å². The van der Waals surface area contributed by atoms with E-state index in [1.165, 1.54) is 9.80 Å². The number of likely N-dealkylation sites (N-methyl/N-ethyl adjacent to an activating group) is 1. The molecule has 4 aromatic carbocycles. The second kappa shape index (κ2) is 11.7. The summed E-state index contributed by atoms with van der Waals surface area (Å²) >= 11 is 0. The molecule has 2 aliphatic heterocycles. The lowest BCUT2D eigenvalue weighted by molar-refractivity contribution is 0.0103. The molecule has 6 rings (SSSR count). The fraction of sp³-hybridized carbons (Fsp3) is 0.294. The van der Waals surface area contributed by atoms with Gasteiger partial charge in [-0.1, -0.05) is 48.5 Å². The van der Waals surface area contributed by atoms with Crippen molar-refractivity contribution in [2.75, 3.05) is 46.3 Å². The summed E-state index contributed by atoms with van der Waals surface area (Å²) in [6, 6.07) is 22.0. The third-order valence-electron chi connectivity index (χ3n) is 8.54. The SMILES string of the molecule is CC(O)N(CCCN(C)CCN1C(=O)c2cccc3cccc(c23)C1=O)CCN1C(=O)c2cccc3cccc(c23)C1=O. The lowest BCUT2D eigenvalue weighted by atomic mass is 9.94. The molecule has 1 atom stereocenters. The van der Waals surface area contributed by atoms with Gasteiger partial charge in [-0.05, 0) is 62.0 Å². The fourth-order valence-electron chi connectivity index (χ4n) is 6.21. The lowest BCUT2D eigenvalue weighted by Crippen LogP contribution is -2.47. The van der Waals surface area contributed by atoms with Crippen molar-refractivity contribution in [3.05, 3.63) is 95.1 Å². The highest BCUT2D eigenvalue weighted by Gasteiger charge is 2.34. The summed E-state index contributed by atoms with van der Waals surface area (Å²) in [5, 5.41) is 13.6. The van der Waals surface area contributed by atoms with E-state index in [4.69, 9.17) is 0 Å². The van der Waals surface area contributed by atoms with E-state index in [1.807, 2.05) is 60.5 Å². The van der Waals surface area contributed by atoms with Gasteiger partial charge < -0.3 is 10.0 Å². The van der Waals surface area contributed by atoms with Crippen molar-refractivity contribution >= 4 is 45.2 Å². The molecular weight excluding hydrogens is 544 g/mol. The van der Waals surface area contributed by atoms with Crippen LogP contribution in [0, 0.1) is 0 Å². The molecule has 9 heteroatoms. The van der Waals surface area contributed by atoms with Crippen LogP contribution in [0.1, 0.15) is 54.8 Å². The van der Waals surface area contributed by atoms with Crippen molar-refractivity contribution in [1.29, 1.82) is 0 Å². The number of rotatable bonds is 11. The number of carbonyl (C=O) groups is 4. The van der Waals surface area contributed by atoms with Crippen molar-refractivity contribution in [3.8, 4) is 0 Å².